The number of aryl methyl sites for hydroxylation is 2. The van der Waals surface area contributed by atoms with Gasteiger partial charge in [-0.05, 0) is 38.7 Å². The van der Waals surface area contributed by atoms with Gasteiger partial charge in [0.2, 0.25) is 0 Å². The highest BCUT2D eigenvalue weighted by molar-refractivity contribution is 5.96. The summed E-state index contributed by atoms with van der Waals surface area (Å²) in [4.78, 5) is 23.8. The summed E-state index contributed by atoms with van der Waals surface area (Å²) in [5, 5.41) is 16.5. The van der Waals surface area contributed by atoms with E-state index in [0.717, 1.165) is 24.2 Å². The molecule has 1 heterocycles. The number of aliphatic carboxylic acids is 1. The molecule has 0 saturated carbocycles. The highest BCUT2D eigenvalue weighted by Crippen LogP contribution is 2.15. The zero-order valence-electron chi connectivity index (χ0n) is 15.7. The lowest BCUT2D eigenvalue weighted by Crippen LogP contribution is -2.37. The summed E-state index contributed by atoms with van der Waals surface area (Å²) in [6.07, 6.45) is 1.95. The molecule has 2 rings (SSSR count). The average Bonchev–Trinajstić information content (AvgIpc) is 2.87. The topological polar surface area (TPSA) is 84.2 Å². The predicted molar refractivity (Wildman–Crippen MR) is 100 cm³/mol. The van der Waals surface area contributed by atoms with Crippen LogP contribution in [0.4, 0.5) is 0 Å². The number of carbonyl (C=O) groups is 2. The second-order valence-electron chi connectivity index (χ2n) is 6.56. The van der Waals surface area contributed by atoms with Gasteiger partial charge in [0, 0.05) is 24.7 Å². The normalized spacial score (nSPS) is 12.0. The molecule has 0 spiro atoms. The number of nitrogens with zero attached hydrogens (tertiary/aromatic N) is 2. The Balaban J connectivity index is 2.16. The van der Waals surface area contributed by atoms with Gasteiger partial charge in [-0.1, -0.05) is 37.3 Å². The van der Waals surface area contributed by atoms with E-state index < -0.39 is 5.97 Å². The van der Waals surface area contributed by atoms with E-state index in [-0.39, 0.29) is 18.4 Å². The molecular formula is C20H27N3O3. The lowest BCUT2D eigenvalue weighted by Gasteiger charge is -2.18. The maximum atomic E-state index is 12.8. The summed E-state index contributed by atoms with van der Waals surface area (Å²) >= 11 is 0. The molecule has 0 bridgehead atoms. The summed E-state index contributed by atoms with van der Waals surface area (Å²) < 4.78 is 1.85. The highest BCUT2D eigenvalue weighted by Gasteiger charge is 2.22. The van der Waals surface area contributed by atoms with E-state index in [2.05, 4.69) is 17.3 Å². The van der Waals surface area contributed by atoms with Gasteiger partial charge in [0.05, 0.1) is 11.3 Å². The largest absolute Gasteiger partial charge is 0.481 e. The van der Waals surface area contributed by atoms with Crippen LogP contribution < -0.4 is 5.32 Å². The first-order valence-electron chi connectivity index (χ1n) is 9.03. The van der Waals surface area contributed by atoms with Gasteiger partial charge in [0.15, 0.2) is 0 Å². The highest BCUT2D eigenvalue weighted by atomic mass is 16.4. The Hall–Kier alpha value is -2.63. The number of rotatable bonds is 9. The van der Waals surface area contributed by atoms with Crippen LogP contribution in [0.25, 0.3) is 0 Å². The molecule has 0 radical (unpaired) electrons. The van der Waals surface area contributed by atoms with E-state index in [1.807, 2.05) is 48.9 Å². The van der Waals surface area contributed by atoms with Crippen molar-refractivity contribution in [2.24, 2.45) is 0 Å². The van der Waals surface area contributed by atoms with Crippen molar-refractivity contribution in [3.63, 3.8) is 0 Å². The minimum Gasteiger partial charge on any atom is -0.481 e. The molecular weight excluding hydrogens is 330 g/mol. The molecule has 2 N–H and O–H groups in total. The number of carboxylic acid groups (broad SMARTS) is 1. The number of amides is 1. The lowest BCUT2D eigenvalue weighted by molar-refractivity contribution is -0.137. The molecule has 26 heavy (non-hydrogen) atoms. The zero-order chi connectivity index (χ0) is 19.1. The number of carboxylic acids is 1. The first-order valence-corrected chi connectivity index (χ1v) is 9.03. The Kier molecular flexibility index (Phi) is 6.95. The van der Waals surface area contributed by atoms with Crippen LogP contribution in [0.2, 0.25) is 0 Å². The lowest BCUT2D eigenvalue weighted by atomic mass is 10.0. The summed E-state index contributed by atoms with van der Waals surface area (Å²) in [5.41, 5.74) is 3.20. The van der Waals surface area contributed by atoms with Crippen LogP contribution >= 0.6 is 0 Å². The summed E-state index contributed by atoms with van der Waals surface area (Å²) in [7, 11) is 0. The van der Waals surface area contributed by atoms with E-state index in [0.29, 0.717) is 24.1 Å². The van der Waals surface area contributed by atoms with Crippen LogP contribution in [0.1, 0.15) is 53.5 Å². The fourth-order valence-corrected chi connectivity index (χ4v) is 3.13. The van der Waals surface area contributed by atoms with Crippen molar-refractivity contribution in [3.8, 4) is 0 Å². The van der Waals surface area contributed by atoms with E-state index in [1.165, 1.54) is 0 Å². The minimum atomic E-state index is -0.861. The Bertz CT molecular complexity index is 753. The number of benzene rings is 1. The van der Waals surface area contributed by atoms with Crippen molar-refractivity contribution in [1.29, 1.82) is 0 Å². The smallest absolute Gasteiger partial charge is 0.303 e. The van der Waals surface area contributed by atoms with Gasteiger partial charge in [0.25, 0.3) is 5.91 Å². The first kappa shape index (κ1) is 19.7. The Morgan fingerprint density at radius 2 is 1.92 bits per heavy atom. The van der Waals surface area contributed by atoms with Crippen LogP contribution in [0.15, 0.2) is 30.3 Å². The van der Waals surface area contributed by atoms with Crippen molar-refractivity contribution in [2.75, 3.05) is 0 Å². The monoisotopic (exact) mass is 357 g/mol. The summed E-state index contributed by atoms with van der Waals surface area (Å²) in [6, 6.07) is 9.53. The number of nitrogens with one attached hydrogen (secondary N) is 1. The molecule has 6 nitrogen and oxygen atoms in total. The Morgan fingerprint density at radius 3 is 2.54 bits per heavy atom. The van der Waals surface area contributed by atoms with Crippen molar-refractivity contribution in [2.45, 2.75) is 59.0 Å². The molecule has 1 aromatic heterocycles. The zero-order valence-corrected chi connectivity index (χ0v) is 15.7. The molecule has 0 saturated heterocycles. The molecule has 0 fully saturated rings. The van der Waals surface area contributed by atoms with Gasteiger partial charge in [-0.15, -0.1) is 0 Å². The number of hydrogen-bond acceptors (Lipinski definition) is 3. The van der Waals surface area contributed by atoms with E-state index in [1.54, 1.807) is 0 Å². The van der Waals surface area contributed by atoms with Gasteiger partial charge in [-0.3, -0.25) is 14.3 Å². The second-order valence-corrected chi connectivity index (χ2v) is 6.56. The third-order valence-electron chi connectivity index (χ3n) is 4.41. The van der Waals surface area contributed by atoms with Crippen molar-refractivity contribution >= 4 is 11.9 Å². The fourth-order valence-electron chi connectivity index (χ4n) is 3.13. The van der Waals surface area contributed by atoms with Crippen LogP contribution in [0, 0.1) is 13.8 Å². The van der Waals surface area contributed by atoms with E-state index >= 15 is 0 Å². The predicted octanol–water partition coefficient (Wildman–Crippen LogP) is 3.12. The van der Waals surface area contributed by atoms with E-state index in [9.17, 15) is 9.59 Å². The van der Waals surface area contributed by atoms with Gasteiger partial charge < -0.3 is 10.4 Å². The van der Waals surface area contributed by atoms with E-state index in [4.69, 9.17) is 5.11 Å². The van der Waals surface area contributed by atoms with Crippen LogP contribution in [-0.2, 0) is 17.8 Å². The third-order valence-corrected chi connectivity index (χ3v) is 4.41. The minimum absolute atomic E-state index is 0.0187. The van der Waals surface area contributed by atoms with Crippen LogP contribution in [0.3, 0.4) is 0 Å². The standard InChI is InChI=1S/C20H27N3O3/c1-4-12-23-15(3)19(14(2)22-23)20(26)21-17(10-11-18(24)25)13-16-8-6-5-7-9-16/h5-9,17H,4,10-13H2,1-3H3,(H,21,26)(H,24,25). The summed E-state index contributed by atoms with van der Waals surface area (Å²) in [6.45, 7) is 6.57. The van der Waals surface area contributed by atoms with Gasteiger partial charge >= 0.3 is 5.97 Å². The van der Waals surface area contributed by atoms with Crippen LogP contribution in [-0.4, -0.2) is 32.8 Å². The van der Waals surface area contributed by atoms with Crippen LogP contribution in [0.5, 0.6) is 0 Å². The fraction of sp³-hybridized carbons (Fsp3) is 0.450. The SMILES string of the molecule is CCCn1nc(C)c(C(=O)NC(CCC(=O)O)Cc2ccccc2)c1C. The van der Waals surface area contributed by atoms with Gasteiger partial charge in [0.1, 0.15) is 0 Å². The van der Waals surface area contributed by atoms with Crippen molar-refractivity contribution in [3.05, 3.63) is 52.8 Å². The molecule has 0 aliphatic rings. The number of hydrogen-bond donors (Lipinski definition) is 2. The summed E-state index contributed by atoms with van der Waals surface area (Å²) in [5.74, 6) is -1.05. The molecule has 1 amide bonds. The average molecular weight is 357 g/mol. The second kappa shape index (κ2) is 9.17. The van der Waals surface area contributed by atoms with Gasteiger partial charge in [-0.25, -0.2) is 0 Å². The Labute approximate surface area is 154 Å². The first-order chi connectivity index (χ1) is 12.4. The quantitative estimate of drug-likeness (QED) is 0.722. The number of aromatic nitrogens is 2. The molecule has 0 aliphatic heterocycles. The molecule has 1 atom stereocenters. The molecule has 6 heteroatoms. The van der Waals surface area contributed by atoms with Crippen molar-refractivity contribution in [1.82, 2.24) is 15.1 Å². The molecule has 1 unspecified atom stereocenters. The third kappa shape index (κ3) is 5.18. The molecule has 1 aromatic carbocycles. The molecule has 140 valence electrons. The van der Waals surface area contributed by atoms with Gasteiger partial charge in [-0.2, -0.15) is 5.10 Å². The maximum Gasteiger partial charge on any atom is 0.303 e. The number of carbonyl (C=O) groups excluding carboxylic acids is 1. The molecule has 0 aliphatic carbocycles. The maximum absolute atomic E-state index is 12.8. The molecule has 2 aromatic rings. The Morgan fingerprint density at radius 1 is 1.23 bits per heavy atom. The van der Waals surface area contributed by atoms with Crippen molar-refractivity contribution < 1.29 is 14.7 Å².